The van der Waals surface area contributed by atoms with E-state index in [0.29, 0.717) is 40.0 Å². The molecule has 3 aliphatic rings. The van der Waals surface area contributed by atoms with E-state index in [2.05, 4.69) is 40.9 Å². The Morgan fingerprint density at radius 2 is 1.80 bits per heavy atom. The molecule has 238 valence electrons. The number of halogens is 2. The molecule has 0 aliphatic carbocycles. The van der Waals surface area contributed by atoms with Crippen LogP contribution in [0.25, 0.3) is 32.8 Å². The number of hydrogen-bond acceptors (Lipinski definition) is 9. The van der Waals surface area contributed by atoms with Gasteiger partial charge in [-0.2, -0.15) is 9.97 Å². The maximum absolute atomic E-state index is 16.8. The van der Waals surface area contributed by atoms with Gasteiger partial charge in [0, 0.05) is 61.0 Å². The number of aromatic hydroxyl groups is 1. The normalized spacial score (nSPS) is 24.4. The van der Waals surface area contributed by atoms with Gasteiger partial charge in [0.05, 0.1) is 17.2 Å². The molecule has 5 atom stereocenters. The summed E-state index contributed by atoms with van der Waals surface area (Å²) in [6.07, 6.45) is 2.65. The van der Waals surface area contributed by atoms with Gasteiger partial charge in [0.2, 0.25) is 0 Å². The molecule has 3 saturated heterocycles. The highest BCUT2D eigenvalue weighted by Gasteiger charge is 2.34. The summed E-state index contributed by atoms with van der Waals surface area (Å²) in [6.45, 7) is 10.7. The summed E-state index contributed by atoms with van der Waals surface area (Å²) in [5, 5.41) is 16.9. The van der Waals surface area contributed by atoms with Crippen molar-refractivity contribution in [2.45, 2.75) is 63.2 Å². The highest BCUT2D eigenvalue weighted by atomic mass is 35.5. The van der Waals surface area contributed by atoms with Crippen LogP contribution >= 0.6 is 23.4 Å². The van der Waals surface area contributed by atoms with Crippen LogP contribution in [-0.4, -0.2) is 88.2 Å². The third kappa shape index (κ3) is 6.40. The number of ether oxygens (including phenoxy) is 2. The minimum absolute atomic E-state index is 0.0371. The molecule has 3 aliphatic heterocycles. The Morgan fingerprint density at radius 1 is 1.07 bits per heavy atom. The number of anilines is 1. The second-order valence-electron chi connectivity index (χ2n) is 12.7. The molecule has 0 saturated carbocycles. The number of nitrogens with zero attached hydrogens (tertiary/aromatic N) is 4. The van der Waals surface area contributed by atoms with E-state index >= 15 is 4.39 Å². The van der Waals surface area contributed by atoms with E-state index in [1.807, 2.05) is 24.3 Å². The topological polar surface area (TPSA) is 83.0 Å². The van der Waals surface area contributed by atoms with Crippen molar-refractivity contribution in [3.63, 3.8) is 0 Å². The summed E-state index contributed by atoms with van der Waals surface area (Å²) in [5.41, 5.74) is 0.861. The van der Waals surface area contributed by atoms with Gasteiger partial charge < -0.3 is 24.8 Å². The highest BCUT2D eigenvalue weighted by Crippen LogP contribution is 2.43. The minimum atomic E-state index is -0.559. The van der Waals surface area contributed by atoms with Crippen molar-refractivity contribution in [3.05, 3.63) is 53.3 Å². The van der Waals surface area contributed by atoms with Crippen molar-refractivity contribution >= 4 is 50.9 Å². The Bertz CT molecular complexity index is 1710. The molecule has 0 amide bonds. The maximum Gasteiger partial charge on any atom is 0.319 e. The number of benzene rings is 3. The van der Waals surface area contributed by atoms with Gasteiger partial charge in [-0.25, -0.2) is 4.39 Å². The fourth-order valence-corrected chi connectivity index (χ4v) is 8.25. The molecule has 2 N–H and O–H groups in total. The minimum Gasteiger partial charge on any atom is -0.508 e. The third-order valence-corrected chi connectivity index (χ3v) is 10.3. The molecule has 1 aromatic heterocycles. The summed E-state index contributed by atoms with van der Waals surface area (Å²) < 4.78 is 28.8. The molecular weight excluding hydrogens is 613 g/mol. The van der Waals surface area contributed by atoms with E-state index in [1.54, 1.807) is 30.0 Å². The first kappa shape index (κ1) is 30.7. The van der Waals surface area contributed by atoms with Crippen molar-refractivity contribution in [1.82, 2.24) is 20.2 Å². The zero-order valence-corrected chi connectivity index (χ0v) is 27.4. The van der Waals surface area contributed by atoms with Gasteiger partial charge in [0.15, 0.2) is 5.82 Å². The average molecular weight is 652 g/mol. The molecule has 8 nitrogen and oxygen atoms in total. The molecule has 3 fully saturated rings. The molecule has 0 spiro atoms. The molecule has 4 aromatic rings. The Balaban J connectivity index is 1.22. The number of hydrogen-bond donors (Lipinski definition) is 2. The first-order valence-electron chi connectivity index (χ1n) is 15.8. The standard InChI is InChI=1S/C34H39ClFN5O3S/c1-19-13-40(14-20(2)44-19)15-21(3)45-18-43-34-38-32-28(33(39-34)41-16-23-8-9-24(17-41)37-23)12-29(35)30(31(32)36)27-11-25(42)10-22-6-4-5-7-26(22)27/h4-7,10-12,19-21,23-24,37,42H,8-9,13-18H2,1-3H3/t19-,20+,21-,23?,24?/m0/s1. The van der Waals surface area contributed by atoms with Crippen molar-refractivity contribution < 1.29 is 19.0 Å². The van der Waals surface area contributed by atoms with Gasteiger partial charge in [-0.05, 0) is 61.2 Å². The van der Waals surface area contributed by atoms with E-state index in [1.165, 1.54) is 0 Å². The number of rotatable bonds is 8. The molecule has 4 heterocycles. The zero-order chi connectivity index (χ0) is 31.2. The second-order valence-corrected chi connectivity index (χ2v) is 14.5. The monoisotopic (exact) mass is 651 g/mol. The lowest BCUT2D eigenvalue weighted by atomic mass is 9.96. The number of piperazine rings is 1. The van der Waals surface area contributed by atoms with E-state index in [4.69, 9.17) is 26.1 Å². The fourth-order valence-electron chi connectivity index (χ4n) is 7.24. The van der Waals surface area contributed by atoms with Crippen LogP contribution in [0.1, 0.15) is 33.6 Å². The van der Waals surface area contributed by atoms with Crippen LogP contribution in [0.4, 0.5) is 10.2 Å². The summed E-state index contributed by atoms with van der Waals surface area (Å²) in [5.74, 6) is 0.454. The van der Waals surface area contributed by atoms with Gasteiger partial charge in [0.25, 0.3) is 0 Å². The first-order valence-corrected chi connectivity index (χ1v) is 17.2. The van der Waals surface area contributed by atoms with E-state index < -0.39 is 5.82 Å². The van der Waals surface area contributed by atoms with Crippen molar-refractivity contribution in [2.24, 2.45) is 0 Å². The van der Waals surface area contributed by atoms with E-state index in [9.17, 15) is 5.11 Å². The first-order chi connectivity index (χ1) is 21.7. The van der Waals surface area contributed by atoms with Crippen LogP contribution in [0.3, 0.4) is 0 Å². The van der Waals surface area contributed by atoms with Gasteiger partial charge in [-0.15, -0.1) is 11.8 Å². The maximum atomic E-state index is 16.8. The highest BCUT2D eigenvalue weighted by molar-refractivity contribution is 7.99. The summed E-state index contributed by atoms with van der Waals surface area (Å²) in [7, 11) is 0. The summed E-state index contributed by atoms with van der Waals surface area (Å²) in [6, 6.07) is 13.4. The van der Waals surface area contributed by atoms with Crippen LogP contribution in [0, 0.1) is 5.82 Å². The number of thioether (sulfide) groups is 1. The van der Waals surface area contributed by atoms with Crippen molar-refractivity contribution in [3.8, 4) is 22.9 Å². The quantitative estimate of drug-likeness (QED) is 0.209. The van der Waals surface area contributed by atoms with Gasteiger partial charge in [-0.1, -0.05) is 42.8 Å². The number of morpholine rings is 1. The molecule has 3 aromatic carbocycles. The molecule has 7 rings (SSSR count). The summed E-state index contributed by atoms with van der Waals surface area (Å²) in [4.78, 5) is 14.1. The third-order valence-electron chi connectivity index (χ3n) is 9.03. The Hall–Kier alpha value is -2.89. The fraction of sp³-hybridized carbons (Fsp3) is 0.471. The number of phenolic OH excluding ortho intramolecular Hbond substituents is 1. The average Bonchev–Trinajstić information content (AvgIpc) is 3.33. The lowest BCUT2D eigenvalue weighted by Crippen LogP contribution is -2.51. The predicted octanol–water partition coefficient (Wildman–Crippen LogP) is 6.46. The predicted molar refractivity (Wildman–Crippen MR) is 180 cm³/mol. The van der Waals surface area contributed by atoms with Crippen LogP contribution in [-0.2, 0) is 4.74 Å². The molecule has 45 heavy (non-hydrogen) atoms. The van der Waals surface area contributed by atoms with Crippen LogP contribution in [0.15, 0.2) is 42.5 Å². The number of aromatic nitrogens is 2. The van der Waals surface area contributed by atoms with Gasteiger partial charge >= 0.3 is 6.01 Å². The Labute approximate surface area is 272 Å². The van der Waals surface area contributed by atoms with Crippen LogP contribution in [0.5, 0.6) is 11.8 Å². The molecule has 11 heteroatoms. The number of phenols is 1. The van der Waals surface area contributed by atoms with Crippen LogP contribution < -0.4 is 15.0 Å². The molecule has 2 unspecified atom stereocenters. The van der Waals surface area contributed by atoms with Crippen molar-refractivity contribution in [2.75, 3.05) is 43.6 Å². The molecule has 0 radical (unpaired) electrons. The number of nitrogens with one attached hydrogen (secondary N) is 1. The Kier molecular flexibility index (Phi) is 8.69. The molecule has 2 bridgehead atoms. The van der Waals surface area contributed by atoms with Gasteiger partial charge in [0.1, 0.15) is 23.0 Å². The summed E-state index contributed by atoms with van der Waals surface area (Å²) >= 11 is 8.56. The lowest BCUT2D eigenvalue weighted by Gasteiger charge is -2.36. The number of fused-ring (bicyclic) bond motifs is 4. The smallest absolute Gasteiger partial charge is 0.319 e. The van der Waals surface area contributed by atoms with E-state index in [0.717, 1.165) is 56.3 Å². The lowest BCUT2D eigenvalue weighted by molar-refractivity contribution is -0.0674. The largest absolute Gasteiger partial charge is 0.508 e. The Morgan fingerprint density at radius 3 is 2.56 bits per heavy atom. The van der Waals surface area contributed by atoms with Crippen LogP contribution in [0.2, 0.25) is 5.02 Å². The molecular formula is C34H39ClFN5O3S. The second kappa shape index (κ2) is 12.7. The zero-order valence-electron chi connectivity index (χ0n) is 25.8. The van der Waals surface area contributed by atoms with Gasteiger partial charge in [-0.3, -0.25) is 4.90 Å². The SMILES string of the molecule is C[C@@H]1CN(C[C@H](C)SCOc2nc(N3CC4CCC(C3)N4)c3cc(Cl)c(-c4cc(O)cc5ccccc45)c(F)c3n2)C[C@H](C)O1. The van der Waals surface area contributed by atoms with E-state index in [-0.39, 0.29) is 40.1 Å². The van der Waals surface area contributed by atoms with Crippen molar-refractivity contribution in [1.29, 1.82) is 0 Å².